The van der Waals surface area contributed by atoms with Crippen molar-refractivity contribution in [1.29, 1.82) is 0 Å². The van der Waals surface area contributed by atoms with Gasteiger partial charge in [-0.3, -0.25) is 0 Å². The minimum absolute atomic E-state index is 0.181. The third-order valence-corrected chi connectivity index (χ3v) is 3.72. The molecule has 0 radical (unpaired) electrons. The van der Waals surface area contributed by atoms with Crippen LogP contribution in [0.15, 0.2) is 45.3 Å². The maximum absolute atomic E-state index is 13.2. The molecule has 0 saturated carbocycles. The summed E-state index contributed by atoms with van der Waals surface area (Å²) in [5, 5.41) is 0. The van der Waals surface area contributed by atoms with Gasteiger partial charge in [-0.15, -0.1) is 0 Å². The first kappa shape index (κ1) is 14.5. The van der Waals surface area contributed by atoms with Crippen molar-refractivity contribution in [3.8, 4) is 11.5 Å². The molecule has 2 aromatic rings. The summed E-state index contributed by atoms with van der Waals surface area (Å²) in [6, 6.07) is 9.68. The molecule has 0 spiro atoms. The summed E-state index contributed by atoms with van der Waals surface area (Å²) in [5.74, 6) is 0.686. The number of benzene rings is 2. The van der Waals surface area contributed by atoms with Crippen LogP contribution in [0.5, 0.6) is 11.5 Å². The molecule has 0 saturated heterocycles. The van der Waals surface area contributed by atoms with Gasteiger partial charge in [-0.25, -0.2) is 4.39 Å². The molecule has 0 aliphatic rings. The molecule has 100 valence electrons. The van der Waals surface area contributed by atoms with E-state index >= 15 is 0 Å². The minimum atomic E-state index is -0.349. The smallest absolute Gasteiger partial charge is 0.144 e. The third kappa shape index (κ3) is 3.55. The van der Waals surface area contributed by atoms with Crippen molar-refractivity contribution in [3.63, 3.8) is 0 Å². The quantitative estimate of drug-likeness (QED) is 0.787. The van der Waals surface area contributed by atoms with Crippen LogP contribution >= 0.6 is 31.9 Å². The summed E-state index contributed by atoms with van der Waals surface area (Å²) in [4.78, 5) is 0. The highest BCUT2D eigenvalue weighted by Gasteiger charge is 2.12. The topological polar surface area (TPSA) is 35.2 Å². The van der Waals surface area contributed by atoms with Gasteiger partial charge in [0, 0.05) is 22.1 Å². The second-order valence-electron chi connectivity index (χ2n) is 4.15. The lowest BCUT2D eigenvalue weighted by molar-refractivity contribution is 0.464. The zero-order valence-electron chi connectivity index (χ0n) is 10.2. The Morgan fingerprint density at radius 2 is 1.84 bits per heavy atom. The number of rotatable bonds is 3. The van der Waals surface area contributed by atoms with Gasteiger partial charge in [0.2, 0.25) is 0 Å². The molecule has 2 aromatic carbocycles. The van der Waals surface area contributed by atoms with Crippen LogP contribution in [0.1, 0.15) is 18.5 Å². The Morgan fingerprint density at radius 3 is 2.53 bits per heavy atom. The van der Waals surface area contributed by atoms with Gasteiger partial charge in [0.15, 0.2) is 0 Å². The molecule has 5 heteroatoms. The first-order valence-electron chi connectivity index (χ1n) is 5.65. The second-order valence-corrected chi connectivity index (χ2v) is 5.92. The fourth-order valence-electron chi connectivity index (χ4n) is 1.64. The summed E-state index contributed by atoms with van der Waals surface area (Å²) < 4.78 is 20.6. The molecule has 2 nitrogen and oxygen atoms in total. The Bertz CT molecular complexity index is 602. The molecule has 0 aliphatic heterocycles. The van der Waals surface area contributed by atoms with Crippen LogP contribution in [0.2, 0.25) is 0 Å². The first-order valence-corrected chi connectivity index (χ1v) is 7.24. The van der Waals surface area contributed by atoms with E-state index in [2.05, 4.69) is 31.9 Å². The minimum Gasteiger partial charge on any atom is -0.456 e. The lowest BCUT2D eigenvalue weighted by Gasteiger charge is -2.15. The zero-order chi connectivity index (χ0) is 14.0. The van der Waals surface area contributed by atoms with Gasteiger partial charge in [-0.05, 0) is 53.2 Å². The average Bonchev–Trinajstić information content (AvgIpc) is 2.35. The summed E-state index contributed by atoms with van der Waals surface area (Å²) in [7, 11) is 0. The molecule has 1 unspecified atom stereocenters. The molecule has 0 heterocycles. The van der Waals surface area contributed by atoms with E-state index in [0.29, 0.717) is 16.0 Å². The summed E-state index contributed by atoms with van der Waals surface area (Å²) in [6.07, 6.45) is 0. The van der Waals surface area contributed by atoms with Gasteiger partial charge >= 0.3 is 0 Å². The largest absolute Gasteiger partial charge is 0.456 e. The fraction of sp³-hybridized carbons (Fsp3) is 0.143. The lowest BCUT2D eigenvalue weighted by Crippen LogP contribution is -2.06. The highest BCUT2D eigenvalue weighted by atomic mass is 79.9. The number of ether oxygens (including phenoxy) is 1. The van der Waals surface area contributed by atoms with E-state index < -0.39 is 0 Å². The Kier molecular flexibility index (Phi) is 4.60. The van der Waals surface area contributed by atoms with Crippen molar-refractivity contribution in [2.45, 2.75) is 13.0 Å². The Hall–Kier alpha value is -0.910. The Balaban J connectivity index is 2.40. The van der Waals surface area contributed by atoms with Gasteiger partial charge in [0.1, 0.15) is 17.3 Å². The van der Waals surface area contributed by atoms with Crippen molar-refractivity contribution in [1.82, 2.24) is 0 Å². The van der Waals surface area contributed by atoms with E-state index in [0.717, 1.165) is 10.0 Å². The molecule has 0 bridgehead atoms. The molecular weight excluding hydrogens is 377 g/mol. The van der Waals surface area contributed by atoms with Crippen molar-refractivity contribution < 1.29 is 9.13 Å². The van der Waals surface area contributed by atoms with Crippen molar-refractivity contribution in [2.24, 2.45) is 5.73 Å². The highest BCUT2D eigenvalue weighted by Crippen LogP contribution is 2.35. The van der Waals surface area contributed by atoms with Crippen LogP contribution in [0.25, 0.3) is 0 Å². The predicted octanol–water partition coefficient (Wildman–Crippen LogP) is 5.16. The van der Waals surface area contributed by atoms with E-state index in [9.17, 15) is 4.39 Å². The summed E-state index contributed by atoms with van der Waals surface area (Å²) in [6.45, 7) is 1.87. The SMILES string of the molecule is CC(N)c1cc(Br)ccc1Oc1cc(F)ccc1Br. The van der Waals surface area contributed by atoms with Crippen LogP contribution in [0.3, 0.4) is 0 Å². The monoisotopic (exact) mass is 387 g/mol. The van der Waals surface area contributed by atoms with Crippen molar-refractivity contribution in [3.05, 3.63) is 56.7 Å². The summed E-state index contributed by atoms with van der Waals surface area (Å²) in [5.41, 5.74) is 6.77. The van der Waals surface area contributed by atoms with Gasteiger partial charge in [0.25, 0.3) is 0 Å². The molecule has 1 atom stereocenters. The molecule has 0 fully saturated rings. The third-order valence-electron chi connectivity index (χ3n) is 2.58. The number of nitrogens with two attached hydrogens (primary N) is 1. The summed E-state index contributed by atoms with van der Waals surface area (Å²) >= 11 is 6.73. The molecule has 2 N–H and O–H groups in total. The van der Waals surface area contributed by atoms with Crippen molar-refractivity contribution >= 4 is 31.9 Å². The fourth-order valence-corrected chi connectivity index (χ4v) is 2.35. The van der Waals surface area contributed by atoms with E-state index in [1.165, 1.54) is 12.1 Å². The lowest BCUT2D eigenvalue weighted by atomic mass is 10.1. The maximum atomic E-state index is 13.2. The first-order chi connectivity index (χ1) is 8.97. The molecule has 0 aliphatic carbocycles. The normalized spacial score (nSPS) is 12.3. The second kappa shape index (κ2) is 6.03. The van der Waals surface area contributed by atoms with E-state index in [1.807, 2.05) is 19.1 Å². The predicted molar refractivity (Wildman–Crippen MR) is 80.9 cm³/mol. The Morgan fingerprint density at radius 1 is 1.11 bits per heavy atom. The zero-order valence-corrected chi connectivity index (χ0v) is 13.3. The Labute approximate surface area is 128 Å². The van der Waals surface area contributed by atoms with Crippen molar-refractivity contribution in [2.75, 3.05) is 0 Å². The molecule has 0 amide bonds. The van der Waals surface area contributed by atoms with Crippen LogP contribution in [-0.2, 0) is 0 Å². The maximum Gasteiger partial charge on any atom is 0.144 e. The van der Waals surface area contributed by atoms with Crippen LogP contribution in [0, 0.1) is 5.82 Å². The van der Waals surface area contributed by atoms with Crippen LogP contribution in [0.4, 0.5) is 4.39 Å². The standard InChI is InChI=1S/C14H12Br2FNO/c1-8(18)11-6-9(15)2-5-13(11)19-14-7-10(17)3-4-12(14)16/h2-8H,18H2,1H3. The van der Waals surface area contributed by atoms with Crippen LogP contribution in [-0.4, -0.2) is 0 Å². The van der Waals surface area contributed by atoms with E-state index in [4.69, 9.17) is 10.5 Å². The van der Waals surface area contributed by atoms with Gasteiger partial charge in [-0.1, -0.05) is 15.9 Å². The highest BCUT2D eigenvalue weighted by molar-refractivity contribution is 9.10. The number of hydrogen-bond donors (Lipinski definition) is 1. The molecule has 2 rings (SSSR count). The van der Waals surface area contributed by atoms with Gasteiger partial charge in [-0.2, -0.15) is 0 Å². The number of halogens is 3. The van der Waals surface area contributed by atoms with E-state index in [1.54, 1.807) is 12.1 Å². The molecule has 19 heavy (non-hydrogen) atoms. The number of hydrogen-bond acceptors (Lipinski definition) is 2. The van der Waals surface area contributed by atoms with Crippen LogP contribution < -0.4 is 10.5 Å². The molecule has 0 aromatic heterocycles. The average molecular weight is 389 g/mol. The molecular formula is C14H12Br2FNO. The van der Waals surface area contributed by atoms with Gasteiger partial charge in [0.05, 0.1) is 4.47 Å². The van der Waals surface area contributed by atoms with Gasteiger partial charge < -0.3 is 10.5 Å². The van der Waals surface area contributed by atoms with E-state index in [-0.39, 0.29) is 11.9 Å².